The highest BCUT2D eigenvalue weighted by molar-refractivity contribution is 7.92. The van der Waals surface area contributed by atoms with Crippen molar-refractivity contribution >= 4 is 39.1 Å². The summed E-state index contributed by atoms with van der Waals surface area (Å²) < 4.78 is 43.1. The number of rotatable bonds is 13. The second-order valence-corrected chi connectivity index (χ2v) is 13.5. The Morgan fingerprint density at radius 1 is 0.867 bits per heavy atom. The molecule has 0 fully saturated rings. The van der Waals surface area contributed by atoms with E-state index < -0.39 is 34.3 Å². The van der Waals surface area contributed by atoms with Crippen molar-refractivity contribution in [2.75, 3.05) is 17.4 Å². The van der Waals surface area contributed by atoms with Gasteiger partial charge in [-0.25, -0.2) is 12.8 Å². The number of halogens is 2. The number of aryl methyl sites for hydroxylation is 1. The van der Waals surface area contributed by atoms with Gasteiger partial charge in [0.2, 0.25) is 11.8 Å². The molecule has 0 aliphatic heterocycles. The van der Waals surface area contributed by atoms with Crippen LogP contribution < -0.4 is 9.62 Å². The van der Waals surface area contributed by atoms with Gasteiger partial charge in [-0.15, -0.1) is 0 Å². The number of sulfonamides is 1. The van der Waals surface area contributed by atoms with Gasteiger partial charge in [-0.1, -0.05) is 92.2 Å². The molecule has 2 amide bonds. The van der Waals surface area contributed by atoms with E-state index in [1.54, 1.807) is 49.4 Å². The lowest BCUT2D eigenvalue weighted by Gasteiger charge is -2.34. The quantitative estimate of drug-likeness (QED) is 0.182. The molecule has 0 heterocycles. The predicted molar refractivity (Wildman–Crippen MR) is 176 cm³/mol. The van der Waals surface area contributed by atoms with Crippen LogP contribution in [0.3, 0.4) is 0 Å². The average Bonchev–Trinajstić information content (AvgIpc) is 3.03. The number of amides is 2. The predicted octanol–water partition coefficient (Wildman–Crippen LogP) is 6.40. The molecule has 0 aliphatic carbocycles. The van der Waals surface area contributed by atoms with Gasteiger partial charge < -0.3 is 10.2 Å². The first-order valence-corrected chi connectivity index (χ1v) is 16.5. The Labute approximate surface area is 269 Å². The number of hydrogen-bond donors (Lipinski definition) is 1. The van der Waals surface area contributed by atoms with E-state index in [2.05, 4.69) is 5.32 Å². The van der Waals surface area contributed by atoms with E-state index in [9.17, 15) is 22.4 Å². The largest absolute Gasteiger partial charge is 0.354 e. The fourth-order valence-corrected chi connectivity index (χ4v) is 6.51. The second kappa shape index (κ2) is 15.2. The van der Waals surface area contributed by atoms with E-state index in [4.69, 9.17) is 11.6 Å². The fourth-order valence-electron chi connectivity index (χ4n) is 4.85. The minimum atomic E-state index is -4.25. The summed E-state index contributed by atoms with van der Waals surface area (Å²) in [5, 5.41) is 3.25. The summed E-state index contributed by atoms with van der Waals surface area (Å²) in [5.41, 5.74) is 2.23. The van der Waals surface area contributed by atoms with Crippen molar-refractivity contribution in [2.45, 2.75) is 44.7 Å². The van der Waals surface area contributed by atoms with Crippen molar-refractivity contribution < 1.29 is 22.4 Å². The molecule has 0 bridgehead atoms. The Morgan fingerprint density at radius 3 is 2.11 bits per heavy atom. The van der Waals surface area contributed by atoms with Crippen molar-refractivity contribution in [3.8, 4) is 0 Å². The zero-order chi connectivity index (χ0) is 32.6. The lowest BCUT2D eigenvalue weighted by Crippen LogP contribution is -2.53. The number of carbonyl (C=O) groups is 2. The number of anilines is 1. The highest BCUT2D eigenvalue weighted by atomic mass is 35.5. The van der Waals surface area contributed by atoms with Gasteiger partial charge in [-0.3, -0.25) is 13.9 Å². The van der Waals surface area contributed by atoms with E-state index in [1.165, 1.54) is 35.2 Å². The number of carbonyl (C=O) groups excluding carboxylic acids is 2. The number of nitrogens with one attached hydrogen (secondary N) is 1. The molecule has 7 nitrogen and oxygen atoms in total. The van der Waals surface area contributed by atoms with Gasteiger partial charge in [0.1, 0.15) is 18.4 Å². The van der Waals surface area contributed by atoms with Crippen LogP contribution in [-0.4, -0.2) is 44.3 Å². The van der Waals surface area contributed by atoms with Gasteiger partial charge in [-0.2, -0.15) is 0 Å². The molecule has 0 aromatic heterocycles. The zero-order valence-corrected chi connectivity index (χ0v) is 27.1. The maximum Gasteiger partial charge on any atom is 0.264 e. The van der Waals surface area contributed by atoms with Gasteiger partial charge in [0.15, 0.2) is 0 Å². The zero-order valence-electron chi connectivity index (χ0n) is 25.5. The minimum Gasteiger partial charge on any atom is -0.354 e. The van der Waals surface area contributed by atoms with Gasteiger partial charge in [0.25, 0.3) is 10.0 Å². The van der Waals surface area contributed by atoms with Crippen molar-refractivity contribution in [1.29, 1.82) is 0 Å². The van der Waals surface area contributed by atoms with E-state index in [0.717, 1.165) is 9.87 Å². The van der Waals surface area contributed by atoms with E-state index in [0.29, 0.717) is 22.7 Å². The maximum atomic E-state index is 14.5. The summed E-state index contributed by atoms with van der Waals surface area (Å²) in [4.78, 5) is 29.7. The summed E-state index contributed by atoms with van der Waals surface area (Å²) in [7, 11) is -4.25. The maximum absolute atomic E-state index is 14.5. The van der Waals surface area contributed by atoms with Gasteiger partial charge in [-0.05, 0) is 65.9 Å². The average molecular weight is 650 g/mol. The first kappa shape index (κ1) is 33.7. The Hall–Kier alpha value is -4.21. The highest BCUT2D eigenvalue weighted by Gasteiger charge is 2.35. The number of nitrogens with zero attached hydrogens (tertiary/aromatic N) is 2. The van der Waals surface area contributed by atoms with Crippen LogP contribution in [-0.2, 0) is 32.6 Å². The Bertz CT molecular complexity index is 1700. The number of benzene rings is 4. The SMILES string of the molecule is Cc1ccc(Cl)cc1N(CC(=O)N(Cc1ccc(F)cc1)C(Cc1ccccc1)C(=O)NCC(C)C)S(=O)(=O)c1ccccc1. The van der Waals surface area contributed by atoms with Crippen LogP contribution in [0.2, 0.25) is 5.02 Å². The lowest BCUT2D eigenvalue weighted by molar-refractivity contribution is -0.140. The van der Waals surface area contributed by atoms with Crippen molar-refractivity contribution in [1.82, 2.24) is 10.2 Å². The Morgan fingerprint density at radius 2 is 1.49 bits per heavy atom. The van der Waals surface area contributed by atoms with Crippen LogP contribution in [0.1, 0.15) is 30.5 Å². The van der Waals surface area contributed by atoms with Crippen LogP contribution in [0.4, 0.5) is 10.1 Å². The molecule has 0 saturated heterocycles. The third-order valence-electron chi connectivity index (χ3n) is 7.27. The van der Waals surface area contributed by atoms with E-state index in [-0.39, 0.29) is 35.4 Å². The van der Waals surface area contributed by atoms with E-state index in [1.807, 2.05) is 44.2 Å². The molecular formula is C35H37ClFN3O4S. The summed E-state index contributed by atoms with van der Waals surface area (Å²) in [6.45, 7) is 5.39. The monoisotopic (exact) mass is 649 g/mol. The smallest absolute Gasteiger partial charge is 0.264 e. The summed E-state index contributed by atoms with van der Waals surface area (Å²) >= 11 is 6.32. The van der Waals surface area contributed by atoms with E-state index >= 15 is 0 Å². The van der Waals surface area contributed by atoms with Gasteiger partial charge in [0, 0.05) is 24.5 Å². The Balaban J connectivity index is 1.82. The molecule has 4 aromatic carbocycles. The van der Waals surface area contributed by atoms with Crippen molar-refractivity contribution in [2.24, 2.45) is 5.92 Å². The standard InChI is InChI=1S/C35H37ClFN3O4S/c1-25(2)22-38-35(42)33(20-27-10-6-4-7-11-27)39(23-28-15-18-30(37)19-16-28)34(41)24-40(32-21-29(36)17-14-26(32)3)45(43,44)31-12-8-5-9-13-31/h4-19,21,25,33H,20,22-24H2,1-3H3,(H,38,42). The van der Waals surface area contributed by atoms with Crippen LogP contribution in [0.15, 0.2) is 108 Å². The molecule has 4 rings (SSSR count). The molecule has 236 valence electrons. The molecule has 0 saturated carbocycles. The molecular weight excluding hydrogens is 613 g/mol. The minimum absolute atomic E-state index is 0.00206. The molecule has 1 atom stereocenters. The second-order valence-electron chi connectivity index (χ2n) is 11.2. The van der Waals surface area contributed by atoms with Crippen LogP contribution in [0, 0.1) is 18.7 Å². The molecule has 0 spiro atoms. The van der Waals surface area contributed by atoms with Crippen LogP contribution in [0.25, 0.3) is 0 Å². The van der Waals surface area contributed by atoms with Crippen molar-refractivity contribution in [3.05, 3.63) is 131 Å². The van der Waals surface area contributed by atoms with Crippen LogP contribution >= 0.6 is 11.6 Å². The molecule has 4 aromatic rings. The number of hydrogen-bond acceptors (Lipinski definition) is 4. The third-order valence-corrected chi connectivity index (χ3v) is 9.28. The molecule has 0 aliphatic rings. The molecule has 0 radical (unpaired) electrons. The third kappa shape index (κ3) is 8.93. The van der Waals surface area contributed by atoms with Gasteiger partial charge in [0.05, 0.1) is 10.6 Å². The Kier molecular flexibility index (Phi) is 11.4. The highest BCUT2D eigenvalue weighted by Crippen LogP contribution is 2.30. The summed E-state index contributed by atoms with van der Waals surface area (Å²) in [5.74, 6) is -1.27. The lowest BCUT2D eigenvalue weighted by atomic mass is 10.0. The first-order valence-electron chi connectivity index (χ1n) is 14.6. The summed E-state index contributed by atoms with van der Waals surface area (Å²) in [6, 6.07) is 26.6. The molecule has 45 heavy (non-hydrogen) atoms. The van der Waals surface area contributed by atoms with Gasteiger partial charge >= 0.3 is 0 Å². The molecule has 1 N–H and O–H groups in total. The van der Waals surface area contributed by atoms with Crippen LogP contribution in [0.5, 0.6) is 0 Å². The molecule has 10 heteroatoms. The molecule has 1 unspecified atom stereocenters. The van der Waals surface area contributed by atoms with Crippen molar-refractivity contribution in [3.63, 3.8) is 0 Å². The topological polar surface area (TPSA) is 86.8 Å². The normalized spacial score (nSPS) is 12.0. The fraction of sp³-hybridized carbons (Fsp3) is 0.257. The first-order chi connectivity index (χ1) is 21.5. The summed E-state index contributed by atoms with van der Waals surface area (Å²) in [6.07, 6.45) is 0.180.